The first-order valence-electron chi connectivity index (χ1n) is 7.77. The van der Waals surface area contributed by atoms with Crippen molar-refractivity contribution >= 4 is 40.1 Å². The molecule has 0 spiro atoms. The van der Waals surface area contributed by atoms with E-state index in [4.69, 9.17) is 0 Å². The van der Waals surface area contributed by atoms with E-state index in [1.165, 1.54) is 18.3 Å². The zero-order chi connectivity index (χ0) is 18.0. The molecule has 0 saturated heterocycles. The fourth-order valence-electron chi connectivity index (χ4n) is 2.80. The van der Waals surface area contributed by atoms with E-state index in [-0.39, 0.29) is 18.2 Å². The van der Waals surface area contributed by atoms with Crippen molar-refractivity contribution in [3.8, 4) is 0 Å². The Balaban J connectivity index is 1.91. The van der Waals surface area contributed by atoms with Crippen molar-refractivity contribution in [1.29, 1.82) is 0 Å². The van der Waals surface area contributed by atoms with Gasteiger partial charge in [0.15, 0.2) is 0 Å². The molecule has 2 N–H and O–H groups in total. The molecule has 1 atom stereocenters. The van der Waals surface area contributed by atoms with E-state index in [1.54, 1.807) is 12.1 Å². The second-order valence-electron chi connectivity index (χ2n) is 5.85. The maximum atomic E-state index is 13.6. The van der Waals surface area contributed by atoms with Crippen molar-refractivity contribution < 1.29 is 14.0 Å². The summed E-state index contributed by atoms with van der Waals surface area (Å²) in [5.74, 6) is -1.38. The van der Waals surface area contributed by atoms with Crippen LogP contribution in [0.15, 0.2) is 54.2 Å². The molecule has 0 bridgehead atoms. The Hall–Kier alpha value is -2.22. The molecule has 1 aliphatic rings. The van der Waals surface area contributed by atoms with Crippen molar-refractivity contribution in [2.24, 2.45) is 0 Å². The number of benzene rings is 2. The van der Waals surface area contributed by atoms with E-state index < -0.39 is 11.7 Å². The molecule has 0 saturated carbocycles. The lowest BCUT2D eigenvalue weighted by atomic mass is 9.86. The van der Waals surface area contributed by atoms with Crippen LogP contribution in [0.2, 0.25) is 0 Å². The largest absolute Gasteiger partial charge is 0.332 e. The smallest absolute Gasteiger partial charge is 0.253 e. The van der Waals surface area contributed by atoms with E-state index in [2.05, 4.69) is 33.2 Å². The van der Waals surface area contributed by atoms with Gasteiger partial charge in [-0.2, -0.15) is 0 Å². The Labute approximate surface area is 158 Å². The SMILES string of the molecule is Cc1c(I)cccc1NC(=O)C1=CNC(=O)C[C@H]1c1cccc(F)c1. The van der Waals surface area contributed by atoms with Crippen molar-refractivity contribution in [2.45, 2.75) is 19.3 Å². The van der Waals surface area contributed by atoms with Crippen LogP contribution >= 0.6 is 22.6 Å². The van der Waals surface area contributed by atoms with Crippen molar-refractivity contribution in [3.05, 3.63) is 74.8 Å². The highest BCUT2D eigenvalue weighted by Crippen LogP contribution is 2.32. The molecule has 0 aliphatic carbocycles. The second kappa shape index (κ2) is 7.35. The Morgan fingerprint density at radius 2 is 2.04 bits per heavy atom. The van der Waals surface area contributed by atoms with Gasteiger partial charge in [0, 0.05) is 33.4 Å². The summed E-state index contributed by atoms with van der Waals surface area (Å²) in [5.41, 5.74) is 2.70. The predicted octanol–water partition coefficient (Wildman–Crippen LogP) is 3.86. The molecule has 2 aromatic rings. The number of anilines is 1. The van der Waals surface area contributed by atoms with E-state index >= 15 is 0 Å². The number of carbonyl (C=O) groups is 2. The van der Waals surface area contributed by atoms with Gasteiger partial charge in [-0.25, -0.2) is 4.39 Å². The minimum atomic E-state index is -0.479. The molecule has 6 heteroatoms. The summed E-state index contributed by atoms with van der Waals surface area (Å²) in [7, 11) is 0. The van der Waals surface area contributed by atoms with Crippen molar-refractivity contribution in [2.75, 3.05) is 5.32 Å². The number of amides is 2. The normalized spacial score (nSPS) is 16.8. The molecule has 2 aromatic carbocycles. The van der Waals surface area contributed by atoms with Gasteiger partial charge in [0.05, 0.1) is 0 Å². The molecule has 128 valence electrons. The minimum absolute atomic E-state index is 0.105. The van der Waals surface area contributed by atoms with E-state index in [9.17, 15) is 14.0 Å². The minimum Gasteiger partial charge on any atom is -0.332 e. The van der Waals surface area contributed by atoms with E-state index in [1.807, 2.05) is 25.1 Å². The van der Waals surface area contributed by atoms with Crippen LogP contribution in [-0.2, 0) is 9.59 Å². The predicted molar refractivity (Wildman–Crippen MR) is 103 cm³/mol. The fourth-order valence-corrected chi connectivity index (χ4v) is 3.29. The lowest BCUT2D eigenvalue weighted by molar-refractivity contribution is -0.121. The van der Waals surface area contributed by atoms with Crippen LogP contribution in [0.25, 0.3) is 0 Å². The first-order chi connectivity index (χ1) is 12.0. The molecule has 2 amide bonds. The number of nitrogens with one attached hydrogen (secondary N) is 2. The molecular formula is C19H16FIN2O2. The monoisotopic (exact) mass is 450 g/mol. The third-order valence-corrected chi connectivity index (χ3v) is 5.35. The highest BCUT2D eigenvalue weighted by molar-refractivity contribution is 14.1. The molecule has 0 fully saturated rings. The van der Waals surface area contributed by atoms with Gasteiger partial charge in [-0.3, -0.25) is 9.59 Å². The van der Waals surface area contributed by atoms with Gasteiger partial charge in [0.25, 0.3) is 5.91 Å². The van der Waals surface area contributed by atoms with Crippen LogP contribution in [0.4, 0.5) is 10.1 Å². The Morgan fingerprint density at radius 3 is 2.80 bits per heavy atom. The molecular weight excluding hydrogens is 434 g/mol. The lowest BCUT2D eigenvalue weighted by Gasteiger charge is -2.24. The molecule has 0 unspecified atom stereocenters. The zero-order valence-corrected chi connectivity index (χ0v) is 15.6. The molecule has 25 heavy (non-hydrogen) atoms. The van der Waals surface area contributed by atoms with Crippen LogP contribution in [-0.4, -0.2) is 11.8 Å². The summed E-state index contributed by atoms with van der Waals surface area (Å²) >= 11 is 2.21. The summed E-state index contributed by atoms with van der Waals surface area (Å²) in [6.45, 7) is 1.93. The lowest BCUT2D eigenvalue weighted by Crippen LogP contribution is -2.32. The van der Waals surface area contributed by atoms with Gasteiger partial charge < -0.3 is 10.6 Å². The summed E-state index contributed by atoms with van der Waals surface area (Å²) in [5, 5.41) is 5.47. The van der Waals surface area contributed by atoms with Gasteiger partial charge in [-0.05, 0) is 64.9 Å². The third kappa shape index (κ3) is 3.89. The van der Waals surface area contributed by atoms with Crippen LogP contribution in [0.3, 0.4) is 0 Å². The Kier molecular flexibility index (Phi) is 5.17. The van der Waals surface area contributed by atoms with Crippen LogP contribution < -0.4 is 10.6 Å². The fraction of sp³-hybridized carbons (Fsp3) is 0.158. The van der Waals surface area contributed by atoms with Crippen LogP contribution in [0.5, 0.6) is 0 Å². The van der Waals surface area contributed by atoms with E-state index in [0.717, 1.165) is 9.13 Å². The molecule has 4 nitrogen and oxygen atoms in total. The van der Waals surface area contributed by atoms with Gasteiger partial charge in [-0.15, -0.1) is 0 Å². The second-order valence-corrected chi connectivity index (χ2v) is 7.01. The van der Waals surface area contributed by atoms with Gasteiger partial charge >= 0.3 is 0 Å². The average Bonchev–Trinajstić information content (AvgIpc) is 2.59. The zero-order valence-electron chi connectivity index (χ0n) is 13.5. The first-order valence-corrected chi connectivity index (χ1v) is 8.85. The number of halogens is 2. The number of carbonyl (C=O) groups excluding carboxylic acids is 2. The van der Waals surface area contributed by atoms with Crippen LogP contribution in [0.1, 0.15) is 23.5 Å². The van der Waals surface area contributed by atoms with E-state index in [0.29, 0.717) is 16.8 Å². The number of hydrogen-bond acceptors (Lipinski definition) is 2. The van der Waals surface area contributed by atoms with Gasteiger partial charge in [0.1, 0.15) is 5.82 Å². The summed E-state index contributed by atoms with van der Waals surface area (Å²) < 4.78 is 14.6. The first kappa shape index (κ1) is 17.6. The molecule has 3 rings (SSSR count). The van der Waals surface area contributed by atoms with Crippen LogP contribution in [0, 0.1) is 16.3 Å². The Bertz CT molecular complexity index is 879. The highest BCUT2D eigenvalue weighted by Gasteiger charge is 2.29. The summed E-state index contributed by atoms with van der Waals surface area (Å²) in [4.78, 5) is 24.6. The van der Waals surface area contributed by atoms with Crippen molar-refractivity contribution in [1.82, 2.24) is 5.32 Å². The standard InChI is InChI=1S/C19H16FIN2O2/c1-11-16(21)6-3-7-17(11)23-19(25)15-10-22-18(24)9-14(15)12-4-2-5-13(20)8-12/h2-8,10,14H,9H2,1H3,(H,22,24)(H,23,25)/t14-/m0/s1. The molecule has 0 aromatic heterocycles. The van der Waals surface area contributed by atoms with Crippen molar-refractivity contribution in [3.63, 3.8) is 0 Å². The number of rotatable bonds is 3. The summed E-state index contributed by atoms with van der Waals surface area (Å²) in [6.07, 6.45) is 1.52. The van der Waals surface area contributed by atoms with Gasteiger partial charge in [-0.1, -0.05) is 18.2 Å². The maximum Gasteiger partial charge on any atom is 0.253 e. The quantitative estimate of drug-likeness (QED) is 0.698. The molecule has 0 radical (unpaired) electrons. The molecule has 1 aliphatic heterocycles. The number of hydrogen-bond donors (Lipinski definition) is 2. The average molecular weight is 450 g/mol. The Morgan fingerprint density at radius 1 is 1.28 bits per heavy atom. The highest BCUT2D eigenvalue weighted by atomic mass is 127. The summed E-state index contributed by atoms with van der Waals surface area (Å²) in [6, 6.07) is 11.7. The maximum absolute atomic E-state index is 13.6. The third-order valence-electron chi connectivity index (χ3n) is 4.18. The topological polar surface area (TPSA) is 58.2 Å². The van der Waals surface area contributed by atoms with Gasteiger partial charge in [0.2, 0.25) is 5.91 Å². The molecule has 1 heterocycles.